The van der Waals surface area contributed by atoms with Crippen LogP contribution in [0.15, 0.2) is 77.6 Å². The average molecular weight is 537 g/mol. The molecule has 1 aliphatic heterocycles. The molecule has 3 aromatic carbocycles. The minimum absolute atomic E-state index is 0.0905. The predicted molar refractivity (Wildman–Crippen MR) is 152 cm³/mol. The first kappa shape index (κ1) is 25.8. The minimum atomic E-state index is -0.121. The Bertz CT molecular complexity index is 1680. The van der Waals surface area contributed by atoms with Crippen molar-refractivity contribution in [2.45, 2.75) is 52.4 Å². The normalized spacial score (nSPS) is 13.3. The van der Waals surface area contributed by atoms with Gasteiger partial charge in [0.15, 0.2) is 17.3 Å². The van der Waals surface area contributed by atoms with E-state index in [1.807, 2.05) is 66.2 Å². The lowest BCUT2D eigenvalue weighted by Crippen LogP contribution is -2.32. The second-order valence-electron chi connectivity index (χ2n) is 10.2. The van der Waals surface area contributed by atoms with Crippen molar-refractivity contribution in [3.8, 4) is 11.5 Å². The summed E-state index contributed by atoms with van der Waals surface area (Å²) in [4.78, 5) is 18.6. The fraction of sp³-hybridized carbons (Fsp3) is 0.290. The molecule has 5 aromatic rings. The lowest BCUT2D eigenvalue weighted by Gasteiger charge is -2.30. The number of H-pyrrole nitrogens is 1. The Morgan fingerprint density at radius 2 is 1.82 bits per heavy atom. The summed E-state index contributed by atoms with van der Waals surface area (Å²) >= 11 is 0. The van der Waals surface area contributed by atoms with Crippen molar-refractivity contribution in [1.82, 2.24) is 30.1 Å². The van der Waals surface area contributed by atoms with Gasteiger partial charge in [-0.1, -0.05) is 55.5 Å². The first-order valence-corrected chi connectivity index (χ1v) is 13.6. The Morgan fingerprint density at radius 1 is 0.975 bits per heavy atom. The topological polar surface area (TPSA) is 98.2 Å². The molecule has 0 bridgehead atoms. The van der Waals surface area contributed by atoms with Gasteiger partial charge in [0.05, 0.1) is 6.04 Å². The van der Waals surface area contributed by atoms with Gasteiger partial charge in [-0.3, -0.25) is 9.69 Å². The average Bonchev–Trinajstić information content (AvgIpc) is 3.63. The molecule has 0 aliphatic carbocycles. The Hall–Kier alpha value is -4.50. The third kappa shape index (κ3) is 5.46. The van der Waals surface area contributed by atoms with Crippen molar-refractivity contribution in [1.29, 1.82) is 0 Å². The Balaban J connectivity index is 1.34. The summed E-state index contributed by atoms with van der Waals surface area (Å²) in [6, 6.07) is 24.3. The first-order valence-electron chi connectivity index (χ1n) is 13.6. The zero-order valence-corrected chi connectivity index (χ0v) is 22.7. The van der Waals surface area contributed by atoms with Gasteiger partial charge in [0.2, 0.25) is 6.79 Å². The van der Waals surface area contributed by atoms with Crippen LogP contribution in [0.4, 0.5) is 0 Å². The molecule has 0 radical (unpaired) electrons. The summed E-state index contributed by atoms with van der Waals surface area (Å²) < 4.78 is 13.0. The van der Waals surface area contributed by atoms with Gasteiger partial charge in [0, 0.05) is 30.7 Å². The molecule has 9 heteroatoms. The molecule has 0 saturated heterocycles. The zero-order chi connectivity index (χ0) is 27.5. The van der Waals surface area contributed by atoms with Crippen LogP contribution in [0, 0.1) is 6.92 Å². The maximum atomic E-state index is 13.2. The molecule has 1 aliphatic rings. The number of hydrogen-bond acceptors (Lipinski definition) is 7. The van der Waals surface area contributed by atoms with E-state index in [1.54, 1.807) is 0 Å². The lowest BCUT2D eigenvalue weighted by atomic mass is 10.1. The van der Waals surface area contributed by atoms with Gasteiger partial charge in [-0.05, 0) is 76.5 Å². The van der Waals surface area contributed by atoms with E-state index in [0.29, 0.717) is 25.2 Å². The lowest BCUT2D eigenvalue weighted by molar-refractivity contribution is 0.160. The van der Waals surface area contributed by atoms with Crippen LogP contribution in [0.1, 0.15) is 47.5 Å². The summed E-state index contributed by atoms with van der Waals surface area (Å²) in [7, 11) is 0. The molecule has 6 rings (SSSR count). The predicted octanol–water partition coefficient (Wildman–Crippen LogP) is 4.95. The third-order valence-electron chi connectivity index (χ3n) is 7.41. The van der Waals surface area contributed by atoms with Gasteiger partial charge in [0.25, 0.3) is 5.56 Å². The second-order valence-corrected chi connectivity index (χ2v) is 10.2. The number of aromatic nitrogens is 5. The molecule has 0 amide bonds. The van der Waals surface area contributed by atoms with E-state index in [9.17, 15) is 4.79 Å². The number of nitrogens with one attached hydrogen (secondary N) is 1. The summed E-state index contributed by atoms with van der Waals surface area (Å²) in [5.74, 6) is 2.26. The number of ether oxygens (including phenoxy) is 2. The van der Waals surface area contributed by atoms with E-state index in [1.165, 1.54) is 5.56 Å². The molecular weight excluding hydrogens is 504 g/mol. The number of pyridine rings is 1. The van der Waals surface area contributed by atoms with Crippen LogP contribution in [0.5, 0.6) is 11.5 Å². The van der Waals surface area contributed by atoms with Gasteiger partial charge in [-0.2, -0.15) is 0 Å². The zero-order valence-electron chi connectivity index (χ0n) is 22.7. The van der Waals surface area contributed by atoms with E-state index < -0.39 is 0 Å². The number of aryl methyl sites for hydroxylation is 3. The van der Waals surface area contributed by atoms with Crippen LogP contribution in [-0.2, 0) is 26.1 Å². The number of fused-ring (bicyclic) bond motifs is 2. The number of rotatable bonds is 10. The van der Waals surface area contributed by atoms with Crippen molar-refractivity contribution < 1.29 is 9.47 Å². The molecule has 1 atom stereocenters. The quantitative estimate of drug-likeness (QED) is 0.270. The van der Waals surface area contributed by atoms with E-state index in [4.69, 9.17) is 9.47 Å². The minimum Gasteiger partial charge on any atom is -0.454 e. The smallest absolute Gasteiger partial charge is 0.252 e. The van der Waals surface area contributed by atoms with Crippen LogP contribution in [0.3, 0.4) is 0 Å². The standard InChI is InChI=1S/C31H32N6O3/c1-3-27(30-33-34-35-37(30)14-13-22-7-5-4-6-8-22)36(18-23-10-12-28-29(16-23)40-20-39-28)19-25-17-24-11-9-21(2)15-26(24)32-31(25)38/h4-12,15-17,27H,3,13-14,18-20H2,1-2H3,(H,32,38). The van der Waals surface area contributed by atoms with Crippen molar-refractivity contribution >= 4 is 10.9 Å². The van der Waals surface area contributed by atoms with Crippen molar-refractivity contribution in [3.63, 3.8) is 0 Å². The Morgan fingerprint density at radius 3 is 2.67 bits per heavy atom. The number of benzene rings is 3. The summed E-state index contributed by atoms with van der Waals surface area (Å²) in [6.07, 6.45) is 1.59. The van der Waals surface area contributed by atoms with Crippen LogP contribution < -0.4 is 15.0 Å². The van der Waals surface area contributed by atoms with Gasteiger partial charge in [-0.15, -0.1) is 5.10 Å². The molecule has 40 heavy (non-hydrogen) atoms. The maximum Gasteiger partial charge on any atom is 0.252 e. The van der Waals surface area contributed by atoms with E-state index >= 15 is 0 Å². The molecule has 2 aromatic heterocycles. The molecular formula is C31H32N6O3. The number of nitrogens with zero attached hydrogens (tertiary/aromatic N) is 5. The molecule has 1 N–H and O–H groups in total. The largest absolute Gasteiger partial charge is 0.454 e. The molecule has 9 nitrogen and oxygen atoms in total. The first-order chi connectivity index (χ1) is 19.6. The highest BCUT2D eigenvalue weighted by Crippen LogP contribution is 2.34. The Labute approximate surface area is 232 Å². The molecule has 3 heterocycles. The number of tetrazole rings is 1. The van der Waals surface area contributed by atoms with E-state index in [2.05, 4.69) is 50.5 Å². The van der Waals surface area contributed by atoms with Crippen LogP contribution in [-0.4, -0.2) is 36.9 Å². The molecule has 0 spiro atoms. The van der Waals surface area contributed by atoms with E-state index in [-0.39, 0.29) is 18.4 Å². The van der Waals surface area contributed by atoms with Crippen molar-refractivity contribution in [2.75, 3.05) is 6.79 Å². The van der Waals surface area contributed by atoms with E-state index in [0.717, 1.165) is 52.2 Å². The van der Waals surface area contributed by atoms with Crippen molar-refractivity contribution in [2.24, 2.45) is 0 Å². The van der Waals surface area contributed by atoms with Gasteiger partial charge in [-0.25, -0.2) is 4.68 Å². The number of hydrogen-bond donors (Lipinski definition) is 1. The van der Waals surface area contributed by atoms with Crippen LogP contribution in [0.2, 0.25) is 0 Å². The molecule has 0 fully saturated rings. The maximum absolute atomic E-state index is 13.2. The Kier molecular flexibility index (Phi) is 7.29. The fourth-order valence-corrected chi connectivity index (χ4v) is 5.34. The number of aromatic amines is 1. The molecule has 204 valence electrons. The highest BCUT2D eigenvalue weighted by Gasteiger charge is 2.27. The second kappa shape index (κ2) is 11.3. The monoisotopic (exact) mass is 536 g/mol. The third-order valence-corrected chi connectivity index (χ3v) is 7.41. The van der Waals surface area contributed by atoms with Crippen LogP contribution >= 0.6 is 0 Å². The van der Waals surface area contributed by atoms with Gasteiger partial charge in [0.1, 0.15) is 0 Å². The fourth-order valence-electron chi connectivity index (χ4n) is 5.34. The van der Waals surface area contributed by atoms with Crippen LogP contribution in [0.25, 0.3) is 10.9 Å². The summed E-state index contributed by atoms with van der Waals surface area (Å²) in [6.45, 7) is 6.04. The van der Waals surface area contributed by atoms with Gasteiger partial charge >= 0.3 is 0 Å². The summed E-state index contributed by atoms with van der Waals surface area (Å²) in [5.41, 5.74) is 4.83. The molecule has 1 unspecified atom stereocenters. The van der Waals surface area contributed by atoms with Crippen molar-refractivity contribution in [3.05, 3.63) is 111 Å². The van der Waals surface area contributed by atoms with Gasteiger partial charge < -0.3 is 14.5 Å². The highest BCUT2D eigenvalue weighted by molar-refractivity contribution is 5.79. The SMILES string of the molecule is CCC(c1nnnn1CCc1ccccc1)N(Cc1ccc2c(c1)OCO2)Cc1cc2ccc(C)cc2[nH]c1=O. The highest BCUT2D eigenvalue weighted by atomic mass is 16.7. The summed E-state index contributed by atoms with van der Waals surface area (Å²) in [5, 5.41) is 13.9. The molecule has 0 saturated carbocycles.